The predicted octanol–water partition coefficient (Wildman–Crippen LogP) is 3.46. The second kappa shape index (κ2) is 6.51. The van der Waals surface area contributed by atoms with Crippen molar-refractivity contribution in [1.29, 1.82) is 5.26 Å². The van der Waals surface area contributed by atoms with E-state index in [0.717, 1.165) is 16.3 Å². The summed E-state index contributed by atoms with van der Waals surface area (Å²) < 4.78 is 0. The molecule has 0 saturated carbocycles. The highest BCUT2D eigenvalue weighted by atomic mass is 32.2. The van der Waals surface area contributed by atoms with Gasteiger partial charge in [-0.1, -0.05) is 12.1 Å². The Morgan fingerprint density at radius 3 is 2.48 bits per heavy atom. The van der Waals surface area contributed by atoms with Crippen LogP contribution in [-0.4, -0.2) is 15.8 Å². The molecule has 0 N–H and O–H groups in total. The van der Waals surface area contributed by atoms with E-state index in [0.29, 0.717) is 22.7 Å². The number of ketones is 1. The van der Waals surface area contributed by atoms with Gasteiger partial charge in [-0.3, -0.25) is 4.79 Å². The lowest BCUT2D eigenvalue weighted by molar-refractivity contribution is 0.101. The summed E-state index contributed by atoms with van der Waals surface area (Å²) in [6.45, 7) is 5.19. The molecule has 0 bridgehead atoms. The van der Waals surface area contributed by atoms with Crippen molar-refractivity contribution in [2.24, 2.45) is 0 Å². The third kappa shape index (κ3) is 3.67. The predicted molar refractivity (Wildman–Crippen MR) is 82.2 cm³/mol. The molecule has 1 aromatic heterocycles. The van der Waals surface area contributed by atoms with Gasteiger partial charge in [0.2, 0.25) is 0 Å². The number of rotatable bonds is 4. The minimum Gasteiger partial charge on any atom is -0.294 e. The molecular weight excluding hydrogens is 282 g/mol. The molecule has 0 aliphatic heterocycles. The Morgan fingerprint density at radius 1 is 1.24 bits per heavy atom. The summed E-state index contributed by atoms with van der Waals surface area (Å²) in [6.07, 6.45) is 0. The molecule has 0 atom stereocenters. The third-order valence-electron chi connectivity index (χ3n) is 2.98. The van der Waals surface area contributed by atoms with E-state index in [2.05, 4.69) is 16.0 Å². The van der Waals surface area contributed by atoms with E-state index < -0.39 is 0 Å². The van der Waals surface area contributed by atoms with Crippen LogP contribution in [-0.2, 0) is 5.75 Å². The van der Waals surface area contributed by atoms with Gasteiger partial charge in [-0.25, -0.2) is 9.97 Å². The summed E-state index contributed by atoms with van der Waals surface area (Å²) in [5, 5.41) is 9.50. The fourth-order valence-electron chi connectivity index (χ4n) is 2.02. The molecule has 5 heteroatoms. The van der Waals surface area contributed by atoms with Crippen LogP contribution >= 0.6 is 11.8 Å². The van der Waals surface area contributed by atoms with Gasteiger partial charge in [0, 0.05) is 5.75 Å². The van der Waals surface area contributed by atoms with Gasteiger partial charge in [0.05, 0.1) is 22.9 Å². The first-order valence-electron chi connectivity index (χ1n) is 6.49. The first-order chi connectivity index (χ1) is 10.0. The van der Waals surface area contributed by atoms with Gasteiger partial charge in [-0.2, -0.15) is 5.26 Å². The van der Waals surface area contributed by atoms with Crippen LogP contribution in [0.4, 0.5) is 0 Å². The highest BCUT2D eigenvalue weighted by Gasteiger charge is 2.14. The monoisotopic (exact) mass is 297 g/mol. The highest BCUT2D eigenvalue weighted by molar-refractivity contribution is 7.98. The smallest absolute Gasteiger partial charge is 0.164 e. The van der Waals surface area contributed by atoms with Crippen molar-refractivity contribution < 1.29 is 4.79 Å². The zero-order valence-corrected chi connectivity index (χ0v) is 13.0. The fourth-order valence-corrected chi connectivity index (χ4v) is 3.15. The number of carbonyl (C=O) groups is 1. The lowest BCUT2D eigenvalue weighted by Gasteiger charge is -2.09. The number of nitriles is 1. The van der Waals surface area contributed by atoms with Crippen LogP contribution in [0.25, 0.3) is 0 Å². The molecule has 0 radical (unpaired) electrons. The van der Waals surface area contributed by atoms with Crippen molar-refractivity contribution in [2.75, 3.05) is 0 Å². The van der Waals surface area contributed by atoms with Crippen LogP contribution in [0.15, 0.2) is 29.3 Å². The molecule has 0 spiro atoms. The molecule has 0 unspecified atom stereocenters. The topological polar surface area (TPSA) is 66.6 Å². The van der Waals surface area contributed by atoms with E-state index in [1.54, 1.807) is 12.1 Å². The number of carbonyl (C=O) groups excluding carboxylic acids is 1. The molecule has 0 fully saturated rings. The summed E-state index contributed by atoms with van der Waals surface area (Å²) in [6, 6.07) is 9.51. The number of Topliss-reactive ketones (excluding diaryl/α,β-unsaturated/α-hetero) is 1. The van der Waals surface area contributed by atoms with Gasteiger partial charge in [-0.15, -0.1) is 11.8 Å². The van der Waals surface area contributed by atoms with E-state index >= 15 is 0 Å². The molecule has 2 aromatic rings. The maximum Gasteiger partial charge on any atom is 0.164 e. The van der Waals surface area contributed by atoms with Gasteiger partial charge in [0.15, 0.2) is 5.78 Å². The molecule has 0 amide bonds. The van der Waals surface area contributed by atoms with Gasteiger partial charge in [0.1, 0.15) is 10.9 Å². The molecular formula is C16H15N3OS. The number of hydrogen-bond donors (Lipinski definition) is 0. The van der Waals surface area contributed by atoms with E-state index in [4.69, 9.17) is 5.26 Å². The first-order valence-corrected chi connectivity index (χ1v) is 7.48. The lowest BCUT2D eigenvalue weighted by Crippen LogP contribution is -2.06. The van der Waals surface area contributed by atoms with Gasteiger partial charge < -0.3 is 0 Å². The average molecular weight is 297 g/mol. The molecule has 2 rings (SSSR count). The van der Waals surface area contributed by atoms with E-state index in [-0.39, 0.29) is 5.78 Å². The SMILES string of the molecule is CC(=O)c1c(C)nc(C)nc1SCc1ccc(C#N)cc1. The maximum atomic E-state index is 11.8. The lowest BCUT2D eigenvalue weighted by atomic mass is 10.2. The zero-order valence-electron chi connectivity index (χ0n) is 12.2. The molecule has 0 aliphatic carbocycles. The Bertz CT molecular complexity index is 718. The first kappa shape index (κ1) is 15.2. The van der Waals surface area contributed by atoms with Crippen molar-refractivity contribution in [2.45, 2.75) is 31.6 Å². The average Bonchev–Trinajstić information content (AvgIpc) is 2.44. The maximum absolute atomic E-state index is 11.8. The highest BCUT2D eigenvalue weighted by Crippen LogP contribution is 2.26. The van der Waals surface area contributed by atoms with Crippen LogP contribution in [0.3, 0.4) is 0 Å². The van der Waals surface area contributed by atoms with Crippen LogP contribution in [0.5, 0.6) is 0 Å². The molecule has 106 valence electrons. The van der Waals surface area contributed by atoms with Crippen LogP contribution in [0.2, 0.25) is 0 Å². The summed E-state index contributed by atoms with van der Waals surface area (Å²) >= 11 is 1.52. The van der Waals surface area contributed by atoms with Crippen LogP contribution < -0.4 is 0 Å². The Hall–Kier alpha value is -2.19. The molecule has 21 heavy (non-hydrogen) atoms. The van der Waals surface area contributed by atoms with E-state index in [1.165, 1.54) is 18.7 Å². The van der Waals surface area contributed by atoms with Crippen molar-refractivity contribution in [3.8, 4) is 6.07 Å². The Balaban J connectivity index is 2.23. The van der Waals surface area contributed by atoms with Gasteiger partial charge in [-0.05, 0) is 38.5 Å². The Morgan fingerprint density at radius 2 is 1.90 bits per heavy atom. The summed E-state index contributed by atoms with van der Waals surface area (Å²) in [5.41, 5.74) is 3.04. The molecule has 0 saturated heterocycles. The largest absolute Gasteiger partial charge is 0.294 e. The molecule has 0 aliphatic rings. The number of thioether (sulfide) groups is 1. The van der Waals surface area contributed by atoms with Gasteiger partial charge >= 0.3 is 0 Å². The summed E-state index contributed by atoms with van der Waals surface area (Å²) in [7, 11) is 0. The van der Waals surface area contributed by atoms with Crippen molar-refractivity contribution >= 4 is 17.5 Å². The normalized spacial score (nSPS) is 10.2. The quantitative estimate of drug-likeness (QED) is 0.491. The van der Waals surface area contributed by atoms with Crippen LogP contribution in [0.1, 0.15) is 39.9 Å². The summed E-state index contributed by atoms with van der Waals surface area (Å²) in [5.74, 6) is 1.34. The number of benzene rings is 1. The molecule has 4 nitrogen and oxygen atoms in total. The fraction of sp³-hybridized carbons (Fsp3) is 0.250. The van der Waals surface area contributed by atoms with Gasteiger partial charge in [0.25, 0.3) is 0 Å². The number of aryl methyl sites for hydroxylation is 2. The second-order valence-electron chi connectivity index (χ2n) is 4.69. The Labute approximate surface area is 128 Å². The molecule has 1 aromatic carbocycles. The minimum atomic E-state index is -0.0187. The zero-order chi connectivity index (χ0) is 15.4. The standard InChI is InChI=1S/C16H15N3OS/c1-10-15(11(2)20)16(19-12(3)18-10)21-9-14-6-4-13(8-17)5-7-14/h4-7H,9H2,1-3H3. The minimum absolute atomic E-state index is 0.0187. The van der Waals surface area contributed by atoms with E-state index in [9.17, 15) is 4.79 Å². The second-order valence-corrected chi connectivity index (χ2v) is 5.65. The summed E-state index contributed by atoms with van der Waals surface area (Å²) in [4.78, 5) is 20.4. The van der Waals surface area contributed by atoms with Crippen molar-refractivity contribution in [3.05, 3.63) is 52.5 Å². The number of nitrogens with zero attached hydrogens (tertiary/aromatic N) is 3. The van der Waals surface area contributed by atoms with E-state index in [1.807, 2.05) is 26.0 Å². The Kier molecular flexibility index (Phi) is 4.71. The van der Waals surface area contributed by atoms with Crippen molar-refractivity contribution in [1.82, 2.24) is 9.97 Å². The number of aromatic nitrogens is 2. The number of hydrogen-bond acceptors (Lipinski definition) is 5. The molecule has 1 heterocycles. The van der Waals surface area contributed by atoms with Crippen LogP contribution in [0, 0.1) is 25.2 Å². The third-order valence-corrected chi connectivity index (χ3v) is 4.03. The van der Waals surface area contributed by atoms with Crippen molar-refractivity contribution in [3.63, 3.8) is 0 Å².